The molecule has 0 unspecified atom stereocenters. The van der Waals surface area contributed by atoms with Crippen LogP contribution >= 0.6 is 0 Å². The van der Waals surface area contributed by atoms with Crippen molar-refractivity contribution in [3.8, 4) is 11.4 Å². The van der Waals surface area contributed by atoms with Crippen LogP contribution in [-0.2, 0) is 0 Å². The molecule has 0 atom stereocenters. The largest absolute Gasteiger partial charge is 0.389 e. The van der Waals surface area contributed by atoms with E-state index in [1.807, 2.05) is 49.4 Å². The molecule has 0 spiro atoms. The van der Waals surface area contributed by atoms with Gasteiger partial charge in [-0.1, -0.05) is 49.9 Å². The number of allylic oxidation sites excluding steroid dienone is 2. The molecule has 3 rings (SSSR count). The molecule has 4 nitrogen and oxygen atoms in total. The summed E-state index contributed by atoms with van der Waals surface area (Å²) in [7, 11) is 0. The summed E-state index contributed by atoms with van der Waals surface area (Å²) in [4.78, 5) is 9.58. The lowest BCUT2D eigenvalue weighted by Gasteiger charge is -2.13. The minimum atomic E-state index is 0.715. The highest BCUT2D eigenvalue weighted by Gasteiger charge is 2.11. The number of hydrogen-bond donors (Lipinski definition) is 2. The molecule has 0 saturated carbocycles. The molecular formula is C23H26N4. The Balaban J connectivity index is 1.99. The van der Waals surface area contributed by atoms with Crippen LogP contribution in [0.3, 0.4) is 0 Å². The Bertz CT molecular complexity index is 989. The maximum atomic E-state index is 4.81. The number of nitrogens with one attached hydrogen (secondary N) is 2. The van der Waals surface area contributed by atoms with Crippen LogP contribution in [0.1, 0.15) is 25.8 Å². The first-order valence-electron chi connectivity index (χ1n) is 9.29. The van der Waals surface area contributed by atoms with Crippen LogP contribution in [-0.4, -0.2) is 16.5 Å². The van der Waals surface area contributed by atoms with Gasteiger partial charge in [-0.3, -0.25) is 0 Å². The molecule has 2 N–H and O–H groups in total. The van der Waals surface area contributed by atoms with E-state index in [2.05, 4.69) is 43.2 Å². The van der Waals surface area contributed by atoms with Crippen LogP contribution in [0.5, 0.6) is 0 Å². The Kier molecular flexibility index (Phi) is 5.87. The zero-order chi connectivity index (χ0) is 19.2. The zero-order valence-electron chi connectivity index (χ0n) is 16.2. The molecule has 0 aliphatic rings. The number of rotatable bonds is 7. The SMILES string of the molecule is C=C(/C=C(/C)NCCC)Nc1nc(-c2ccccc2C)nc2ccccc12. The van der Waals surface area contributed by atoms with E-state index in [0.717, 1.165) is 52.2 Å². The fourth-order valence-electron chi connectivity index (χ4n) is 2.94. The van der Waals surface area contributed by atoms with E-state index in [4.69, 9.17) is 9.97 Å². The molecule has 138 valence electrons. The van der Waals surface area contributed by atoms with Gasteiger partial charge in [0.2, 0.25) is 0 Å². The number of nitrogens with zero attached hydrogens (tertiary/aromatic N) is 2. The Hall–Kier alpha value is -3.14. The fraction of sp³-hybridized carbons (Fsp3) is 0.217. The second-order valence-corrected chi connectivity index (χ2v) is 6.63. The van der Waals surface area contributed by atoms with Gasteiger partial charge in [0.1, 0.15) is 5.82 Å². The van der Waals surface area contributed by atoms with Crippen molar-refractivity contribution in [3.63, 3.8) is 0 Å². The lowest BCUT2D eigenvalue weighted by atomic mass is 10.1. The van der Waals surface area contributed by atoms with Gasteiger partial charge in [0.25, 0.3) is 0 Å². The van der Waals surface area contributed by atoms with Gasteiger partial charge in [-0.15, -0.1) is 0 Å². The van der Waals surface area contributed by atoms with E-state index in [1.54, 1.807) is 0 Å². The molecule has 0 fully saturated rings. The minimum Gasteiger partial charge on any atom is -0.389 e. The van der Waals surface area contributed by atoms with Crippen molar-refractivity contribution in [2.75, 3.05) is 11.9 Å². The monoisotopic (exact) mass is 358 g/mol. The standard InChI is InChI=1S/C23H26N4/c1-5-14-24-17(3)15-18(4)25-23-20-12-8-9-13-21(20)26-22(27-23)19-11-7-6-10-16(19)2/h6-13,15,24H,4-5,14H2,1-3H3,(H,25,26,27)/b17-15-. The lowest BCUT2D eigenvalue weighted by molar-refractivity contribution is 0.769. The number of fused-ring (bicyclic) bond motifs is 1. The molecule has 4 heteroatoms. The van der Waals surface area contributed by atoms with Gasteiger partial charge in [0.05, 0.1) is 5.52 Å². The van der Waals surface area contributed by atoms with Crippen LogP contribution in [0.15, 0.2) is 72.6 Å². The van der Waals surface area contributed by atoms with E-state index in [1.165, 1.54) is 0 Å². The predicted molar refractivity (Wildman–Crippen MR) is 115 cm³/mol. The molecule has 0 amide bonds. The normalized spacial score (nSPS) is 11.4. The predicted octanol–water partition coefficient (Wildman–Crippen LogP) is 5.43. The molecule has 0 aliphatic carbocycles. The lowest BCUT2D eigenvalue weighted by Crippen LogP contribution is -2.12. The third-order valence-corrected chi connectivity index (χ3v) is 4.31. The zero-order valence-corrected chi connectivity index (χ0v) is 16.2. The third-order valence-electron chi connectivity index (χ3n) is 4.31. The summed E-state index contributed by atoms with van der Waals surface area (Å²) in [5, 5.41) is 7.69. The summed E-state index contributed by atoms with van der Waals surface area (Å²) in [6.45, 7) is 11.3. The van der Waals surface area contributed by atoms with Crippen molar-refractivity contribution in [1.82, 2.24) is 15.3 Å². The molecule has 0 bridgehead atoms. The summed E-state index contributed by atoms with van der Waals surface area (Å²) in [6.07, 6.45) is 3.08. The summed E-state index contributed by atoms with van der Waals surface area (Å²) in [6, 6.07) is 16.2. The average molecular weight is 358 g/mol. The van der Waals surface area contributed by atoms with Gasteiger partial charge < -0.3 is 10.6 Å². The molecule has 0 saturated heterocycles. The Morgan fingerprint density at radius 1 is 1.07 bits per heavy atom. The number of anilines is 1. The van der Waals surface area contributed by atoms with Crippen LogP contribution in [0.25, 0.3) is 22.3 Å². The maximum absolute atomic E-state index is 4.81. The first kappa shape index (κ1) is 18.6. The Morgan fingerprint density at radius 3 is 2.59 bits per heavy atom. The number of hydrogen-bond acceptors (Lipinski definition) is 4. The first-order chi connectivity index (χ1) is 13.1. The second kappa shape index (κ2) is 8.49. The van der Waals surface area contributed by atoms with Gasteiger partial charge in [0, 0.05) is 28.9 Å². The minimum absolute atomic E-state index is 0.715. The molecule has 0 radical (unpaired) electrons. The van der Waals surface area contributed by atoms with Crippen molar-refractivity contribution in [2.24, 2.45) is 0 Å². The quantitative estimate of drug-likeness (QED) is 0.553. The van der Waals surface area contributed by atoms with Gasteiger partial charge in [-0.2, -0.15) is 0 Å². The first-order valence-corrected chi connectivity index (χ1v) is 9.29. The summed E-state index contributed by atoms with van der Waals surface area (Å²) in [5.74, 6) is 1.48. The summed E-state index contributed by atoms with van der Waals surface area (Å²) in [5.41, 5.74) is 4.96. The molecule has 2 aromatic carbocycles. The van der Waals surface area contributed by atoms with E-state index < -0.39 is 0 Å². The van der Waals surface area contributed by atoms with Crippen LogP contribution < -0.4 is 10.6 Å². The highest BCUT2D eigenvalue weighted by Crippen LogP contribution is 2.27. The molecule has 0 aliphatic heterocycles. The van der Waals surface area contributed by atoms with E-state index in [-0.39, 0.29) is 0 Å². The number of aryl methyl sites for hydroxylation is 1. The van der Waals surface area contributed by atoms with Crippen molar-refractivity contribution >= 4 is 16.7 Å². The molecule has 1 aromatic heterocycles. The topological polar surface area (TPSA) is 49.8 Å². The van der Waals surface area contributed by atoms with Crippen molar-refractivity contribution in [2.45, 2.75) is 27.2 Å². The summed E-state index contributed by atoms with van der Waals surface area (Å²) >= 11 is 0. The van der Waals surface area contributed by atoms with Crippen LogP contribution in [0, 0.1) is 6.92 Å². The highest BCUT2D eigenvalue weighted by atomic mass is 15.0. The summed E-state index contributed by atoms with van der Waals surface area (Å²) < 4.78 is 0. The maximum Gasteiger partial charge on any atom is 0.162 e. The van der Waals surface area contributed by atoms with E-state index >= 15 is 0 Å². The van der Waals surface area contributed by atoms with Crippen LogP contribution in [0.4, 0.5) is 5.82 Å². The molecule has 1 heterocycles. The van der Waals surface area contributed by atoms with Gasteiger partial charge in [0.15, 0.2) is 5.82 Å². The number of benzene rings is 2. The Morgan fingerprint density at radius 2 is 1.81 bits per heavy atom. The third kappa shape index (κ3) is 4.53. The smallest absolute Gasteiger partial charge is 0.162 e. The average Bonchev–Trinajstić information content (AvgIpc) is 2.66. The van der Waals surface area contributed by atoms with Crippen molar-refractivity contribution in [1.29, 1.82) is 0 Å². The van der Waals surface area contributed by atoms with Gasteiger partial charge in [-0.25, -0.2) is 9.97 Å². The van der Waals surface area contributed by atoms with Gasteiger partial charge >= 0.3 is 0 Å². The molecule has 27 heavy (non-hydrogen) atoms. The molecule has 3 aromatic rings. The number of para-hydroxylation sites is 1. The number of aromatic nitrogens is 2. The van der Waals surface area contributed by atoms with E-state index in [9.17, 15) is 0 Å². The fourth-order valence-corrected chi connectivity index (χ4v) is 2.94. The Labute approximate surface area is 161 Å². The second-order valence-electron chi connectivity index (χ2n) is 6.63. The molecular weight excluding hydrogens is 332 g/mol. The van der Waals surface area contributed by atoms with Crippen molar-refractivity contribution < 1.29 is 0 Å². The van der Waals surface area contributed by atoms with Crippen molar-refractivity contribution in [3.05, 3.63) is 78.1 Å². The van der Waals surface area contributed by atoms with Crippen LogP contribution in [0.2, 0.25) is 0 Å². The van der Waals surface area contributed by atoms with Gasteiger partial charge in [-0.05, 0) is 44.0 Å². The van der Waals surface area contributed by atoms with E-state index in [0.29, 0.717) is 5.82 Å². The highest BCUT2D eigenvalue weighted by molar-refractivity contribution is 5.91.